The summed E-state index contributed by atoms with van der Waals surface area (Å²) in [5, 5.41) is 15.0. The van der Waals surface area contributed by atoms with Crippen LogP contribution in [0, 0.1) is 5.92 Å². The van der Waals surface area contributed by atoms with E-state index in [0.717, 1.165) is 11.7 Å². The summed E-state index contributed by atoms with van der Waals surface area (Å²) in [6, 6.07) is 0.510. The Morgan fingerprint density at radius 3 is 3.18 bits per heavy atom. The molecule has 1 aliphatic carbocycles. The van der Waals surface area contributed by atoms with Crippen LogP contribution in [0.15, 0.2) is 12.4 Å². The summed E-state index contributed by atoms with van der Waals surface area (Å²) < 4.78 is 1.70. The van der Waals surface area contributed by atoms with Gasteiger partial charge in [-0.1, -0.05) is 19.8 Å². The quantitative estimate of drug-likeness (QED) is 0.850. The fourth-order valence-electron chi connectivity index (χ4n) is 2.55. The maximum atomic E-state index is 4.14. The Morgan fingerprint density at radius 1 is 1.35 bits per heavy atom. The summed E-state index contributed by atoms with van der Waals surface area (Å²) in [4.78, 5) is 4.14. The number of rotatable bonds is 2. The van der Waals surface area contributed by atoms with Gasteiger partial charge in [0.05, 0.1) is 12.4 Å². The zero-order valence-corrected chi connectivity index (χ0v) is 9.87. The highest BCUT2D eigenvalue weighted by molar-refractivity contribution is 5.44. The van der Waals surface area contributed by atoms with Crippen LogP contribution in [0.25, 0.3) is 5.65 Å². The van der Waals surface area contributed by atoms with Gasteiger partial charge in [-0.05, 0) is 29.2 Å². The Hall–Kier alpha value is -1.72. The summed E-state index contributed by atoms with van der Waals surface area (Å²) in [5.74, 6) is 1.67. The maximum Gasteiger partial charge on any atom is 0.199 e. The lowest BCUT2D eigenvalue weighted by Gasteiger charge is -2.27. The monoisotopic (exact) mass is 232 g/mol. The van der Waals surface area contributed by atoms with Crippen LogP contribution >= 0.6 is 0 Å². The second-order valence-corrected chi connectivity index (χ2v) is 4.85. The van der Waals surface area contributed by atoms with Crippen molar-refractivity contribution in [2.45, 2.75) is 38.6 Å². The second kappa shape index (κ2) is 4.27. The largest absolute Gasteiger partial charge is 0.366 e. The van der Waals surface area contributed by atoms with Gasteiger partial charge in [0.1, 0.15) is 0 Å². The summed E-state index contributed by atoms with van der Waals surface area (Å²) in [5.41, 5.74) is 0.679. The molecular weight excluding hydrogens is 216 g/mol. The van der Waals surface area contributed by atoms with Crippen molar-refractivity contribution in [1.29, 1.82) is 0 Å². The van der Waals surface area contributed by atoms with Crippen LogP contribution < -0.4 is 5.32 Å². The Balaban J connectivity index is 1.82. The minimum absolute atomic E-state index is 0.510. The molecule has 0 aromatic carbocycles. The van der Waals surface area contributed by atoms with E-state index in [1.54, 1.807) is 16.9 Å². The highest BCUT2D eigenvalue weighted by Crippen LogP contribution is 2.25. The van der Waals surface area contributed by atoms with Crippen molar-refractivity contribution in [2.24, 2.45) is 5.92 Å². The summed E-state index contributed by atoms with van der Waals surface area (Å²) in [7, 11) is 0. The maximum absolute atomic E-state index is 4.14. The number of hydrogen-bond donors (Lipinski definition) is 1. The Labute approximate surface area is 99.4 Å². The zero-order chi connectivity index (χ0) is 11.7. The third-order valence-corrected chi connectivity index (χ3v) is 3.40. The van der Waals surface area contributed by atoms with Gasteiger partial charge in [0.25, 0.3) is 0 Å². The molecule has 0 aliphatic heterocycles. The lowest BCUT2D eigenvalue weighted by atomic mass is 9.87. The molecule has 2 aromatic heterocycles. The van der Waals surface area contributed by atoms with E-state index >= 15 is 0 Å². The molecule has 90 valence electrons. The van der Waals surface area contributed by atoms with Crippen molar-refractivity contribution in [1.82, 2.24) is 25.0 Å². The van der Waals surface area contributed by atoms with Gasteiger partial charge in [-0.25, -0.2) is 0 Å². The molecule has 2 heterocycles. The van der Waals surface area contributed by atoms with Crippen LogP contribution in [-0.2, 0) is 0 Å². The summed E-state index contributed by atoms with van der Waals surface area (Å²) in [6.45, 7) is 2.31. The standard InChI is InChI=1S/C11H16N6/c1-8-3-2-4-9(5-8)13-10-6-12-7-11-14-15-16-17(10)11/h6-9,13H,2-5H2,1H3. The van der Waals surface area contributed by atoms with Crippen molar-refractivity contribution >= 4 is 11.5 Å². The van der Waals surface area contributed by atoms with Gasteiger partial charge in [-0.2, -0.15) is 4.52 Å². The number of fused-ring (bicyclic) bond motifs is 1. The van der Waals surface area contributed by atoms with Crippen molar-refractivity contribution in [3.8, 4) is 0 Å². The predicted molar refractivity (Wildman–Crippen MR) is 63.6 cm³/mol. The van der Waals surface area contributed by atoms with E-state index in [2.05, 4.69) is 32.7 Å². The van der Waals surface area contributed by atoms with E-state index in [1.807, 2.05) is 0 Å². The molecule has 1 N–H and O–H groups in total. The van der Waals surface area contributed by atoms with Crippen molar-refractivity contribution < 1.29 is 0 Å². The Morgan fingerprint density at radius 2 is 2.29 bits per heavy atom. The SMILES string of the molecule is CC1CCCC(Nc2cncc3nnnn23)C1. The Kier molecular flexibility index (Phi) is 2.62. The minimum atomic E-state index is 0.510. The zero-order valence-electron chi connectivity index (χ0n) is 9.87. The number of aromatic nitrogens is 5. The van der Waals surface area contributed by atoms with Crippen LogP contribution in [0.3, 0.4) is 0 Å². The van der Waals surface area contributed by atoms with E-state index in [0.29, 0.717) is 11.7 Å². The fraction of sp³-hybridized carbons (Fsp3) is 0.636. The molecule has 17 heavy (non-hydrogen) atoms. The van der Waals surface area contributed by atoms with Gasteiger partial charge in [0, 0.05) is 6.04 Å². The van der Waals surface area contributed by atoms with Crippen LogP contribution in [-0.4, -0.2) is 31.1 Å². The minimum Gasteiger partial charge on any atom is -0.366 e. The summed E-state index contributed by atoms with van der Waals surface area (Å²) in [6.07, 6.45) is 8.49. The van der Waals surface area contributed by atoms with E-state index in [9.17, 15) is 0 Å². The highest BCUT2D eigenvalue weighted by atomic mass is 15.5. The average Bonchev–Trinajstić information content (AvgIpc) is 2.78. The molecule has 0 spiro atoms. The van der Waals surface area contributed by atoms with E-state index in [-0.39, 0.29) is 0 Å². The number of tetrazole rings is 1. The molecule has 0 radical (unpaired) electrons. The lowest BCUT2D eigenvalue weighted by Crippen LogP contribution is -2.27. The van der Waals surface area contributed by atoms with Crippen LogP contribution in [0.2, 0.25) is 0 Å². The van der Waals surface area contributed by atoms with Gasteiger partial charge in [0.2, 0.25) is 0 Å². The molecule has 6 heteroatoms. The molecular formula is C11H16N6. The van der Waals surface area contributed by atoms with Gasteiger partial charge in [-0.15, -0.1) is 5.10 Å². The molecule has 0 saturated heterocycles. The van der Waals surface area contributed by atoms with Crippen LogP contribution in [0.1, 0.15) is 32.6 Å². The van der Waals surface area contributed by atoms with Gasteiger partial charge < -0.3 is 5.32 Å². The number of nitrogens with zero attached hydrogens (tertiary/aromatic N) is 5. The van der Waals surface area contributed by atoms with E-state index in [4.69, 9.17) is 0 Å². The summed E-state index contributed by atoms with van der Waals surface area (Å²) >= 11 is 0. The van der Waals surface area contributed by atoms with E-state index in [1.165, 1.54) is 25.7 Å². The van der Waals surface area contributed by atoms with Crippen molar-refractivity contribution in [3.63, 3.8) is 0 Å². The van der Waals surface area contributed by atoms with Crippen molar-refractivity contribution in [2.75, 3.05) is 5.32 Å². The number of hydrogen-bond acceptors (Lipinski definition) is 5. The first kappa shape index (κ1) is 10.4. The van der Waals surface area contributed by atoms with E-state index < -0.39 is 0 Å². The third kappa shape index (κ3) is 2.07. The molecule has 2 unspecified atom stereocenters. The van der Waals surface area contributed by atoms with Gasteiger partial charge in [0.15, 0.2) is 11.5 Å². The number of anilines is 1. The average molecular weight is 232 g/mol. The normalized spacial score (nSPS) is 25.0. The fourth-order valence-corrected chi connectivity index (χ4v) is 2.55. The molecule has 2 aromatic rings. The van der Waals surface area contributed by atoms with Crippen molar-refractivity contribution in [3.05, 3.63) is 12.4 Å². The first-order valence-corrected chi connectivity index (χ1v) is 6.11. The first-order valence-electron chi connectivity index (χ1n) is 6.11. The number of nitrogens with one attached hydrogen (secondary N) is 1. The van der Waals surface area contributed by atoms with Gasteiger partial charge >= 0.3 is 0 Å². The van der Waals surface area contributed by atoms with Crippen LogP contribution in [0.4, 0.5) is 5.82 Å². The lowest BCUT2D eigenvalue weighted by molar-refractivity contribution is 0.358. The topological polar surface area (TPSA) is 68.0 Å². The molecule has 1 saturated carbocycles. The smallest absolute Gasteiger partial charge is 0.199 e. The molecule has 0 bridgehead atoms. The molecule has 6 nitrogen and oxygen atoms in total. The third-order valence-electron chi connectivity index (χ3n) is 3.40. The second-order valence-electron chi connectivity index (χ2n) is 4.85. The van der Waals surface area contributed by atoms with Crippen LogP contribution in [0.5, 0.6) is 0 Å². The predicted octanol–water partition coefficient (Wildman–Crippen LogP) is 1.51. The molecule has 1 fully saturated rings. The van der Waals surface area contributed by atoms with Gasteiger partial charge in [-0.3, -0.25) is 4.98 Å². The molecule has 1 aliphatic rings. The molecule has 2 atom stereocenters. The highest BCUT2D eigenvalue weighted by Gasteiger charge is 2.19. The molecule has 3 rings (SSSR count). The molecule has 0 amide bonds. The Bertz CT molecular complexity index is 507. The first-order chi connectivity index (χ1) is 8.33.